The minimum absolute atomic E-state index is 0.0984. The molecule has 0 bridgehead atoms. The number of thiophene rings is 2. The summed E-state index contributed by atoms with van der Waals surface area (Å²) in [5.74, 6) is 0.868. The van der Waals surface area contributed by atoms with Gasteiger partial charge in [-0.3, -0.25) is 9.59 Å². The molecule has 5 rings (SSSR count). The van der Waals surface area contributed by atoms with E-state index in [0.717, 1.165) is 41.0 Å². The molecule has 2 amide bonds. The monoisotopic (exact) mass is 479 g/mol. The number of amides is 2. The Bertz CT molecular complexity index is 1300. The van der Waals surface area contributed by atoms with Gasteiger partial charge in [-0.05, 0) is 42.8 Å². The summed E-state index contributed by atoms with van der Waals surface area (Å²) in [6, 6.07) is 10.5. The van der Waals surface area contributed by atoms with Crippen LogP contribution in [0.4, 0.5) is 5.82 Å². The normalized spacial score (nSPS) is 13.8. The number of likely N-dealkylation sites (tertiary alicyclic amines) is 1. The number of hydrogen-bond donors (Lipinski definition) is 2. The molecule has 4 aromatic rings. The van der Waals surface area contributed by atoms with Crippen molar-refractivity contribution in [3.8, 4) is 0 Å². The molecule has 1 fully saturated rings. The first-order valence-electron chi connectivity index (χ1n) is 11.1. The van der Waals surface area contributed by atoms with Crippen LogP contribution in [0.1, 0.15) is 39.4 Å². The molecule has 0 radical (unpaired) electrons. The van der Waals surface area contributed by atoms with Crippen LogP contribution in [-0.2, 0) is 11.3 Å². The van der Waals surface area contributed by atoms with Crippen LogP contribution in [0.3, 0.4) is 0 Å². The molecule has 0 spiro atoms. The van der Waals surface area contributed by atoms with Gasteiger partial charge in [0.2, 0.25) is 5.91 Å². The molecular formula is C24H25N5O2S2. The number of aromatic nitrogens is 2. The van der Waals surface area contributed by atoms with E-state index in [9.17, 15) is 9.59 Å². The van der Waals surface area contributed by atoms with Crippen molar-refractivity contribution in [3.63, 3.8) is 0 Å². The lowest BCUT2D eigenvalue weighted by Crippen LogP contribution is -2.30. The average Bonchev–Trinajstić information content (AvgIpc) is 3.52. The lowest BCUT2D eigenvalue weighted by Gasteiger charge is -2.15. The Hall–Kier alpha value is -3.04. The number of carbonyl (C=O) groups is 2. The Morgan fingerprint density at radius 2 is 2.09 bits per heavy atom. The second kappa shape index (κ2) is 9.44. The second-order valence-electron chi connectivity index (χ2n) is 8.16. The summed E-state index contributed by atoms with van der Waals surface area (Å²) in [6.45, 7) is 4.68. The molecule has 0 aliphatic carbocycles. The van der Waals surface area contributed by atoms with Crippen LogP contribution in [0.15, 0.2) is 36.7 Å². The van der Waals surface area contributed by atoms with Gasteiger partial charge in [0.15, 0.2) is 0 Å². The van der Waals surface area contributed by atoms with Crippen molar-refractivity contribution in [2.45, 2.75) is 32.7 Å². The van der Waals surface area contributed by atoms with Gasteiger partial charge in [-0.2, -0.15) is 0 Å². The van der Waals surface area contributed by atoms with Crippen LogP contribution >= 0.6 is 22.7 Å². The minimum atomic E-state index is -0.0984. The summed E-state index contributed by atoms with van der Waals surface area (Å²) in [6.07, 6.45) is 3.88. The number of nitrogens with zero attached hydrogens (tertiary/aromatic N) is 3. The van der Waals surface area contributed by atoms with Gasteiger partial charge < -0.3 is 15.5 Å². The Balaban J connectivity index is 1.25. The van der Waals surface area contributed by atoms with Crippen LogP contribution in [-0.4, -0.2) is 46.3 Å². The number of benzene rings is 1. The fourth-order valence-electron chi connectivity index (χ4n) is 4.21. The maximum atomic E-state index is 12.8. The summed E-state index contributed by atoms with van der Waals surface area (Å²) in [5.41, 5.74) is 0.890. The lowest BCUT2D eigenvalue weighted by atomic mass is 10.2. The number of anilines is 1. The molecule has 9 heteroatoms. The van der Waals surface area contributed by atoms with Gasteiger partial charge in [-0.25, -0.2) is 9.97 Å². The zero-order chi connectivity index (χ0) is 22.8. The van der Waals surface area contributed by atoms with Crippen molar-refractivity contribution < 1.29 is 9.59 Å². The minimum Gasteiger partial charge on any atom is -0.365 e. The van der Waals surface area contributed by atoms with Gasteiger partial charge in [0.05, 0.1) is 16.8 Å². The third-order valence-corrected chi connectivity index (χ3v) is 8.22. The van der Waals surface area contributed by atoms with Crippen molar-refractivity contribution in [1.29, 1.82) is 0 Å². The zero-order valence-corrected chi connectivity index (χ0v) is 20.0. The van der Waals surface area contributed by atoms with E-state index >= 15 is 0 Å². The molecule has 170 valence electrons. The Labute approximate surface area is 199 Å². The number of fused-ring (bicyclic) bond motifs is 2. The molecule has 2 N–H and O–H groups in total. The molecule has 0 unspecified atom stereocenters. The van der Waals surface area contributed by atoms with Gasteiger partial charge in [0.25, 0.3) is 5.91 Å². The quantitative estimate of drug-likeness (QED) is 0.362. The maximum Gasteiger partial charge on any atom is 0.261 e. The number of hydrogen-bond acceptors (Lipinski definition) is 7. The fraction of sp³-hybridized carbons (Fsp3) is 0.333. The summed E-state index contributed by atoms with van der Waals surface area (Å²) in [4.78, 5) is 38.0. The second-order valence-corrected chi connectivity index (χ2v) is 10.3. The first kappa shape index (κ1) is 21.8. The Kier molecular flexibility index (Phi) is 6.24. The summed E-state index contributed by atoms with van der Waals surface area (Å²) < 4.78 is 1.27. The first-order chi connectivity index (χ1) is 16.1. The Morgan fingerprint density at radius 1 is 1.21 bits per heavy atom. The van der Waals surface area contributed by atoms with Crippen LogP contribution in [0.2, 0.25) is 0 Å². The molecule has 3 aromatic heterocycles. The molecule has 1 aliphatic rings. The molecule has 0 saturated carbocycles. The highest BCUT2D eigenvalue weighted by Crippen LogP contribution is 2.34. The number of nitrogens with one attached hydrogen (secondary N) is 2. The van der Waals surface area contributed by atoms with Crippen molar-refractivity contribution in [3.05, 3.63) is 52.0 Å². The fourth-order valence-corrected chi connectivity index (χ4v) is 6.28. The van der Waals surface area contributed by atoms with E-state index < -0.39 is 0 Å². The van der Waals surface area contributed by atoms with Crippen molar-refractivity contribution in [1.82, 2.24) is 20.2 Å². The highest BCUT2D eigenvalue weighted by atomic mass is 32.1. The number of aryl methyl sites for hydroxylation is 1. The molecule has 7 nitrogen and oxygen atoms in total. The number of carbonyl (C=O) groups excluding carboxylic acids is 2. The average molecular weight is 480 g/mol. The maximum absolute atomic E-state index is 12.8. The van der Waals surface area contributed by atoms with Gasteiger partial charge >= 0.3 is 0 Å². The SMILES string of the molecule is Cc1c(C(=O)NCCCN2CCCC2=O)sc2ncnc(NCc3cc4ccccc4s3)c12. The predicted octanol–water partition coefficient (Wildman–Crippen LogP) is 4.57. The molecule has 0 atom stereocenters. The summed E-state index contributed by atoms with van der Waals surface area (Å²) >= 11 is 3.15. The topological polar surface area (TPSA) is 87.2 Å². The van der Waals surface area contributed by atoms with Gasteiger partial charge in [-0.1, -0.05) is 18.2 Å². The van der Waals surface area contributed by atoms with Crippen LogP contribution < -0.4 is 10.6 Å². The van der Waals surface area contributed by atoms with E-state index in [1.54, 1.807) is 17.7 Å². The van der Waals surface area contributed by atoms with Gasteiger partial charge in [0, 0.05) is 35.6 Å². The first-order valence-corrected chi connectivity index (χ1v) is 12.7. The van der Waals surface area contributed by atoms with Crippen molar-refractivity contribution in [2.75, 3.05) is 25.0 Å². The van der Waals surface area contributed by atoms with Gasteiger partial charge in [0.1, 0.15) is 17.0 Å². The standard InChI is InChI=1S/C24H25N5O2S2/c1-15-20-22(26-13-17-12-16-6-2-3-7-18(16)32-17)27-14-28-24(20)33-21(15)23(31)25-9-5-11-29-10-4-8-19(29)30/h2-3,6-7,12,14H,4-5,8-11,13H2,1H3,(H,25,31)(H,26,27,28). The smallest absolute Gasteiger partial charge is 0.261 e. The van der Waals surface area contributed by atoms with E-state index in [2.05, 4.69) is 44.9 Å². The van der Waals surface area contributed by atoms with E-state index in [0.29, 0.717) is 30.9 Å². The van der Waals surface area contributed by atoms with Crippen LogP contribution in [0.25, 0.3) is 20.3 Å². The van der Waals surface area contributed by atoms with Crippen LogP contribution in [0.5, 0.6) is 0 Å². The summed E-state index contributed by atoms with van der Waals surface area (Å²) in [5, 5.41) is 8.58. The predicted molar refractivity (Wildman–Crippen MR) is 134 cm³/mol. The number of rotatable bonds is 8. The van der Waals surface area contributed by atoms with E-state index in [1.807, 2.05) is 17.9 Å². The van der Waals surface area contributed by atoms with Crippen molar-refractivity contribution >= 4 is 60.6 Å². The highest BCUT2D eigenvalue weighted by molar-refractivity contribution is 7.20. The lowest BCUT2D eigenvalue weighted by molar-refractivity contribution is -0.127. The molecule has 1 saturated heterocycles. The molecule has 4 heterocycles. The van der Waals surface area contributed by atoms with Crippen LogP contribution in [0, 0.1) is 6.92 Å². The van der Waals surface area contributed by atoms with E-state index in [4.69, 9.17) is 0 Å². The molecule has 1 aliphatic heterocycles. The highest BCUT2D eigenvalue weighted by Gasteiger charge is 2.21. The third kappa shape index (κ3) is 4.56. The molecule has 33 heavy (non-hydrogen) atoms. The molecular weight excluding hydrogens is 454 g/mol. The van der Waals surface area contributed by atoms with Crippen molar-refractivity contribution in [2.24, 2.45) is 0 Å². The third-order valence-electron chi connectivity index (χ3n) is 5.90. The zero-order valence-electron chi connectivity index (χ0n) is 18.4. The summed E-state index contributed by atoms with van der Waals surface area (Å²) in [7, 11) is 0. The molecule has 1 aromatic carbocycles. The van der Waals surface area contributed by atoms with E-state index in [1.165, 1.54) is 26.3 Å². The Morgan fingerprint density at radius 3 is 2.91 bits per heavy atom. The van der Waals surface area contributed by atoms with Gasteiger partial charge in [-0.15, -0.1) is 22.7 Å². The largest absolute Gasteiger partial charge is 0.365 e. The van der Waals surface area contributed by atoms with E-state index in [-0.39, 0.29) is 11.8 Å².